The van der Waals surface area contributed by atoms with Crippen LogP contribution >= 0.6 is 11.8 Å². The summed E-state index contributed by atoms with van der Waals surface area (Å²) in [7, 11) is 0. The maximum atomic E-state index is 13.3. The Hall–Kier alpha value is -3.00. The SMILES string of the molecule is CC(C)(C)NC(=O)c1cc(-c2cc3ccccc3n2C(=O)OC(C)(C)C)n(C2=NCSC2)c1. The van der Waals surface area contributed by atoms with Gasteiger partial charge in [0, 0.05) is 17.1 Å². The Morgan fingerprint density at radius 1 is 1.06 bits per heavy atom. The number of carbonyl (C=O) groups excluding carboxylic acids is 2. The highest BCUT2D eigenvalue weighted by atomic mass is 32.2. The Bertz CT molecular complexity index is 1250. The van der Waals surface area contributed by atoms with Gasteiger partial charge in [0.15, 0.2) is 0 Å². The molecule has 0 bridgehead atoms. The molecule has 174 valence electrons. The number of hydrogen-bond acceptors (Lipinski definition) is 5. The van der Waals surface area contributed by atoms with Gasteiger partial charge in [0.05, 0.1) is 34.1 Å². The predicted octanol–water partition coefficient (Wildman–Crippen LogP) is 5.37. The standard InChI is InChI=1S/C25H30N4O3S/c1-24(2,3)27-22(30)17-12-19(28(13-17)21-14-33-15-26-21)20-11-16-9-7-8-10-18(16)29(20)23(31)32-25(4,5)6/h7-13H,14-15H2,1-6H3,(H,27,30). The lowest BCUT2D eigenvalue weighted by Crippen LogP contribution is -2.40. The van der Waals surface area contributed by atoms with Crippen molar-refractivity contribution in [2.45, 2.75) is 52.7 Å². The number of carbonyl (C=O) groups is 2. The first-order chi connectivity index (χ1) is 15.4. The van der Waals surface area contributed by atoms with E-state index in [0.29, 0.717) is 17.1 Å². The second-order valence-electron chi connectivity index (χ2n) is 10.1. The zero-order valence-electron chi connectivity index (χ0n) is 19.9. The van der Waals surface area contributed by atoms with Crippen molar-refractivity contribution >= 4 is 40.5 Å². The van der Waals surface area contributed by atoms with Gasteiger partial charge in [-0.05, 0) is 59.7 Å². The molecule has 1 aliphatic rings. The molecule has 1 aromatic carbocycles. The van der Waals surface area contributed by atoms with Gasteiger partial charge in [0.2, 0.25) is 0 Å². The molecule has 0 radical (unpaired) electrons. The van der Waals surface area contributed by atoms with Crippen LogP contribution < -0.4 is 5.32 Å². The Balaban J connectivity index is 1.91. The summed E-state index contributed by atoms with van der Waals surface area (Å²) < 4.78 is 9.25. The van der Waals surface area contributed by atoms with Crippen LogP contribution in [0.5, 0.6) is 0 Å². The summed E-state index contributed by atoms with van der Waals surface area (Å²) in [5.74, 6) is 2.08. The molecular formula is C25H30N4O3S. The smallest absolute Gasteiger partial charge is 0.419 e. The van der Waals surface area contributed by atoms with E-state index >= 15 is 0 Å². The van der Waals surface area contributed by atoms with E-state index in [1.165, 1.54) is 0 Å². The van der Waals surface area contributed by atoms with E-state index in [2.05, 4.69) is 10.3 Å². The molecule has 3 aromatic rings. The lowest BCUT2D eigenvalue weighted by molar-refractivity contribution is 0.0547. The number of benzene rings is 1. The van der Waals surface area contributed by atoms with E-state index in [0.717, 1.165) is 28.2 Å². The van der Waals surface area contributed by atoms with Crippen molar-refractivity contribution in [3.05, 3.63) is 48.2 Å². The van der Waals surface area contributed by atoms with Gasteiger partial charge in [-0.15, -0.1) is 11.8 Å². The van der Waals surface area contributed by atoms with E-state index in [1.54, 1.807) is 22.5 Å². The fourth-order valence-electron chi connectivity index (χ4n) is 3.71. The number of nitrogens with zero attached hydrogens (tertiary/aromatic N) is 3. The number of fused-ring (bicyclic) bond motifs is 1. The molecule has 0 unspecified atom stereocenters. The highest BCUT2D eigenvalue weighted by Gasteiger charge is 2.27. The predicted molar refractivity (Wildman–Crippen MR) is 134 cm³/mol. The summed E-state index contributed by atoms with van der Waals surface area (Å²) >= 11 is 1.71. The second-order valence-corrected chi connectivity index (χ2v) is 11.1. The molecule has 0 aliphatic carbocycles. The molecule has 3 heterocycles. The quantitative estimate of drug-likeness (QED) is 0.551. The van der Waals surface area contributed by atoms with Crippen molar-refractivity contribution in [3.8, 4) is 11.4 Å². The van der Waals surface area contributed by atoms with Crippen LogP contribution in [-0.4, -0.2) is 49.7 Å². The van der Waals surface area contributed by atoms with Crippen molar-refractivity contribution in [1.82, 2.24) is 14.5 Å². The van der Waals surface area contributed by atoms with Crippen LogP contribution in [0.3, 0.4) is 0 Å². The van der Waals surface area contributed by atoms with Gasteiger partial charge in [-0.25, -0.2) is 9.36 Å². The van der Waals surface area contributed by atoms with Crippen molar-refractivity contribution in [1.29, 1.82) is 0 Å². The van der Waals surface area contributed by atoms with Crippen LogP contribution in [-0.2, 0) is 4.74 Å². The third-order valence-corrected chi connectivity index (χ3v) is 5.74. The summed E-state index contributed by atoms with van der Waals surface area (Å²) in [6, 6.07) is 11.5. The highest BCUT2D eigenvalue weighted by Crippen LogP contribution is 2.32. The first kappa shape index (κ1) is 23.2. The molecule has 7 nitrogen and oxygen atoms in total. The molecule has 33 heavy (non-hydrogen) atoms. The monoisotopic (exact) mass is 466 g/mol. The minimum absolute atomic E-state index is 0.173. The molecule has 1 aliphatic heterocycles. The lowest BCUT2D eigenvalue weighted by atomic mass is 10.1. The first-order valence-electron chi connectivity index (χ1n) is 10.9. The number of rotatable bonds is 2. The summed E-state index contributed by atoms with van der Waals surface area (Å²) in [5.41, 5.74) is 1.62. The maximum absolute atomic E-state index is 13.3. The molecule has 1 N–H and O–H groups in total. The van der Waals surface area contributed by atoms with Crippen LogP contribution in [0.25, 0.3) is 22.3 Å². The Labute approximate surface area is 198 Å². The van der Waals surface area contributed by atoms with E-state index < -0.39 is 11.7 Å². The van der Waals surface area contributed by atoms with Gasteiger partial charge in [-0.1, -0.05) is 18.2 Å². The number of thioether (sulfide) groups is 1. The van der Waals surface area contributed by atoms with Gasteiger partial charge in [-0.2, -0.15) is 0 Å². The van der Waals surface area contributed by atoms with Gasteiger partial charge in [-0.3, -0.25) is 9.79 Å². The normalized spacial score (nSPS) is 14.4. The van der Waals surface area contributed by atoms with E-state index in [-0.39, 0.29) is 11.4 Å². The highest BCUT2D eigenvalue weighted by molar-refractivity contribution is 8.00. The third-order valence-electron chi connectivity index (χ3n) is 4.97. The van der Waals surface area contributed by atoms with Crippen molar-refractivity contribution in [2.24, 2.45) is 4.99 Å². The van der Waals surface area contributed by atoms with Crippen molar-refractivity contribution in [3.63, 3.8) is 0 Å². The van der Waals surface area contributed by atoms with Crippen molar-refractivity contribution < 1.29 is 14.3 Å². The summed E-state index contributed by atoms with van der Waals surface area (Å²) in [5, 5.41) is 3.93. The molecule has 0 saturated heterocycles. The van der Waals surface area contributed by atoms with Crippen LogP contribution in [0, 0.1) is 0 Å². The van der Waals surface area contributed by atoms with Crippen LogP contribution in [0.4, 0.5) is 4.79 Å². The molecule has 0 fully saturated rings. The Kier molecular flexibility index (Phi) is 5.90. The summed E-state index contributed by atoms with van der Waals surface area (Å²) in [6.45, 7) is 11.4. The minimum atomic E-state index is -0.647. The first-order valence-corrected chi connectivity index (χ1v) is 12.1. The van der Waals surface area contributed by atoms with Crippen LogP contribution in [0.1, 0.15) is 51.9 Å². The van der Waals surface area contributed by atoms with Gasteiger partial charge >= 0.3 is 6.09 Å². The number of hydrogen-bond donors (Lipinski definition) is 1. The van der Waals surface area contributed by atoms with E-state index in [1.807, 2.05) is 82.5 Å². The molecule has 0 saturated carbocycles. The fourth-order valence-corrected chi connectivity index (χ4v) is 4.45. The Morgan fingerprint density at radius 2 is 1.79 bits per heavy atom. The molecule has 4 rings (SSSR count). The van der Waals surface area contributed by atoms with Gasteiger partial charge < -0.3 is 14.6 Å². The average Bonchev–Trinajstić information content (AvgIpc) is 3.41. The fraction of sp³-hybridized carbons (Fsp3) is 0.400. The second kappa shape index (κ2) is 8.41. The van der Waals surface area contributed by atoms with Crippen LogP contribution in [0.2, 0.25) is 0 Å². The molecular weight excluding hydrogens is 436 g/mol. The van der Waals surface area contributed by atoms with Gasteiger partial charge in [0.1, 0.15) is 11.4 Å². The Morgan fingerprint density at radius 3 is 2.42 bits per heavy atom. The van der Waals surface area contributed by atoms with E-state index in [4.69, 9.17) is 4.74 Å². The number of ether oxygens (including phenoxy) is 1. The molecule has 1 amide bonds. The number of para-hydroxylation sites is 1. The topological polar surface area (TPSA) is 77.6 Å². The molecule has 0 atom stereocenters. The largest absolute Gasteiger partial charge is 0.443 e. The molecule has 0 spiro atoms. The zero-order valence-corrected chi connectivity index (χ0v) is 20.7. The average molecular weight is 467 g/mol. The number of aromatic nitrogens is 2. The molecule has 2 aromatic heterocycles. The minimum Gasteiger partial charge on any atom is -0.443 e. The van der Waals surface area contributed by atoms with Gasteiger partial charge in [0.25, 0.3) is 5.91 Å². The summed E-state index contributed by atoms with van der Waals surface area (Å²) in [6.07, 6.45) is 1.34. The van der Waals surface area contributed by atoms with E-state index in [9.17, 15) is 9.59 Å². The summed E-state index contributed by atoms with van der Waals surface area (Å²) in [4.78, 5) is 30.9. The van der Waals surface area contributed by atoms with Crippen molar-refractivity contribution in [2.75, 3.05) is 11.6 Å². The number of aliphatic imine (C=N–C) groups is 1. The maximum Gasteiger partial charge on any atom is 0.419 e. The zero-order chi connectivity index (χ0) is 24.0. The number of amides is 1. The lowest BCUT2D eigenvalue weighted by Gasteiger charge is -2.21. The molecule has 8 heteroatoms. The number of nitrogens with one attached hydrogen (secondary N) is 1. The van der Waals surface area contributed by atoms with Crippen LogP contribution in [0.15, 0.2) is 47.6 Å². The third kappa shape index (κ3) is 5.00.